The summed E-state index contributed by atoms with van der Waals surface area (Å²) in [7, 11) is 0. The van der Waals surface area contributed by atoms with E-state index in [1.54, 1.807) is 0 Å². The average Bonchev–Trinajstić information content (AvgIpc) is 2.88. The molecular weight excluding hydrogens is 315 g/mol. The third kappa shape index (κ3) is 3.62. The Balaban J connectivity index is 2.41. The third-order valence-corrected chi connectivity index (χ3v) is 3.02. The quantitative estimate of drug-likeness (QED) is 0.797. The molecular formula is C14H14F3N3O3. The number of hydrogen-bond acceptors (Lipinski definition) is 4. The number of para-hydroxylation sites is 1. The number of hydrogen-bond donors (Lipinski definition) is 3. The fourth-order valence-electron chi connectivity index (χ4n) is 1.90. The minimum atomic E-state index is -4.61. The van der Waals surface area contributed by atoms with E-state index in [2.05, 4.69) is 10.4 Å². The van der Waals surface area contributed by atoms with Crippen LogP contribution in [0.1, 0.15) is 23.0 Å². The first kappa shape index (κ1) is 16.8. The molecule has 0 aliphatic rings. The highest BCUT2D eigenvalue weighted by Gasteiger charge is 2.34. The third-order valence-electron chi connectivity index (χ3n) is 3.02. The molecule has 1 aromatic carbocycles. The monoisotopic (exact) mass is 329 g/mol. The lowest BCUT2D eigenvalue weighted by Gasteiger charge is -2.12. The van der Waals surface area contributed by atoms with Gasteiger partial charge in [0.25, 0.3) is 5.91 Å². The van der Waals surface area contributed by atoms with Crippen LogP contribution in [0.2, 0.25) is 0 Å². The van der Waals surface area contributed by atoms with Crippen molar-refractivity contribution in [3.8, 4) is 11.4 Å². The van der Waals surface area contributed by atoms with Gasteiger partial charge in [-0.1, -0.05) is 12.1 Å². The highest BCUT2D eigenvalue weighted by molar-refractivity contribution is 5.95. The first-order valence-electron chi connectivity index (χ1n) is 6.61. The van der Waals surface area contributed by atoms with Crippen molar-refractivity contribution in [1.29, 1.82) is 0 Å². The van der Waals surface area contributed by atoms with Crippen LogP contribution in [0.15, 0.2) is 30.5 Å². The van der Waals surface area contributed by atoms with E-state index in [0.29, 0.717) is 0 Å². The molecule has 0 radical (unpaired) electrons. The lowest BCUT2D eigenvalue weighted by atomic mass is 10.2. The van der Waals surface area contributed by atoms with Gasteiger partial charge in [-0.05, 0) is 19.1 Å². The molecule has 0 bridgehead atoms. The zero-order valence-corrected chi connectivity index (χ0v) is 12.0. The highest BCUT2D eigenvalue weighted by Crippen LogP contribution is 2.34. The van der Waals surface area contributed by atoms with Gasteiger partial charge in [0.15, 0.2) is 11.4 Å². The second kappa shape index (κ2) is 6.29. The summed E-state index contributed by atoms with van der Waals surface area (Å²) in [6.07, 6.45) is -3.69. The fourth-order valence-corrected chi connectivity index (χ4v) is 1.90. The predicted molar refractivity (Wildman–Crippen MR) is 74.2 cm³/mol. The summed E-state index contributed by atoms with van der Waals surface area (Å²) < 4.78 is 39.8. The molecule has 2 aromatic rings. The number of aliphatic hydroxyl groups is 1. The Hall–Kier alpha value is -2.55. The number of nitrogens with zero attached hydrogens (tertiary/aromatic N) is 2. The predicted octanol–water partition coefficient (Wildman–Crippen LogP) is 1.71. The number of benzene rings is 1. The van der Waals surface area contributed by atoms with Crippen LogP contribution in [0.3, 0.4) is 0 Å². The second-order valence-electron chi connectivity index (χ2n) is 4.88. The van der Waals surface area contributed by atoms with Crippen molar-refractivity contribution >= 4 is 5.91 Å². The van der Waals surface area contributed by atoms with Crippen molar-refractivity contribution in [3.05, 3.63) is 41.7 Å². The maximum Gasteiger partial charge on any atom is 0.418 e. The van der Waals surface area contributed by atoms with Crippen molar-refractivity contribution in [2.45, 2.75) is 19.1 Å². The van der Waals surface area contributed by atoms with E-state index in [9.17, 15) is 23.1 Å². The molecule has 0 fully saturated rings. The summed E-state index contributed by atoms with van der Waals surface area (Å²) >= 11 is 0. The van der Waals surface area contributed by atoms with Crippen molar-refractivity contribution in [2.75, 3.05) is 6.61 Å². The Morgan fingerprint density at radius 3 is 2.65 bits per heavy atom. The zero-order valence-electron chi connectivity index (χ0n) is 12.0. The summed E-state index contributed by atoms with van der Waals surface area (Å²) in [5.41, 5.74) is -1.69. The van der Waals surface area contributed by atoms with Crippen LogP contribution in [0.5, 0.6) is 5.75 Å². The fraction of sp³-hybridized carbons (Fsp3) is 0.286. The molecule has 9 heteroatoms. The molecule has 1 heterocycles. The number of carbonyl (C=O) groups is 1. The number of aliphatic hydroxyl groups excluding tert-OH is 1. The van der Waals surface area contributed by atoms with E-state index in [0.717, 1.165) is 16.9 Å². The number of amides is 1. The second-order valence-corrected chi connectivity index (χ2v) is 4.88. The summed E-state index contributed by atoms with van der Waals surface area (Å²) in [4.78, 5) is 11.9. The normalized spacial score (nSPS) is 12.9. The van der Waals surface area contributed by atoms with E-state index in [4.69, 9.17) is 5.11 Å². The van der Waals surface area contributed by atoms with Crippen molar-refractivity contribution in [1.82, 2.24) is 15.1 Å². The molecule has 124 valence electrons. The molecule has 23 heavy (non-hydrogen) atoms. The molecule has 1 aromatic heterocycles. The number of aromatic nitrogens is 2. The van der Waals surface area contributed by atoms with Gasteiger partial charge in [-0.2, -0.15) is 18.3 Å². The smallest absolute Gasteiger partial charge is 0.418 e. The number of rotatable bonds is 4. The lowest BCUT2D eigenvalue weighted by molar-refractivity contribution is -0.137. The van der Waals surface area contributed by atoms with Crippen LogP contribution in [-0.4, -0.2) is 38.5 Å². The molecule has 3 N–H and O–H groups in total. The Labute approximate surface area is 129 Å². The molecule has 2 rings (SSSR count). The van der Waals surface area contributed by atoms with Gasteiger partial charge in [-0.25, -0.2) is 4.68 Å². The molecule has 0 saturated carbocycles. The first-order valence-corrected chi connectivity index (χ1v) is 6.61. The van der Waals surface area contributed by atoms with Gasteiger partial charge in [0.05, 0.1) is 24.1 Å². The summed E-state index contributed by atoms with van der Waals surface area (Å²) in [6, 6.07) is 4.08. The SMILES string of the molecule is CC(CO)NC(=O)c1nn(-c2ccccc2C(F)(F)F)cc1O. The van der Waals surface area contributed by atoms with Gasteiger partial charge in [0.2, 0.25) is 0 Å². The van der Waals surface area contributed by atoms with Gasteiger partial charge < -0.3 is 15.5 Å². The van der Waals surface area contributed by atoms with E-state index in [1.165, 1.54) is 25.1 Å². The van der Waals surface area contributed by atoms with Crippen LogP contribution in [0.4, 0.5) is 13.2 Å². The molecule has 0 spiro atoms. The Kier molecular flexibility index (Phi) is 4.60. The Morgan fingerprint density at radius 1 is 1.39 bits per heavy atom. The molecule has 1 unspecified atom stereocenters. The van der Waals surface area contributed by atoms with Crippen molar-refractivity contribution in [2.24, 2.45) is 0 Å². The zero-order chi connectivity index (χ0) is 17.2. The molecule has 6 nitrogen and oxygen atoms in total. The summed E-state index contributed by atoms with van der Waals surface area (Å²) in [5, 5.41) is 24.7. The first-order chi connectivity index (χ1) is 10.7. The maximum atomic E-state index is 13.0. The van der Waals surface area contributed by atoms with Gasteiger partial charge >= 0.3 is 6.18 Å². The van der Waals surface area contributed by atoms with Crippen LogP contribution in [0, 0.1) is 0 Å². The van der Waals surface area contributed by atoms with E-state index in [1.807, 2.05) is 0 Å². The van der Waals surface area contributed by atoms with Gasteiger partial charge in [-0.3, -0.25) is 4.79 Å². The van der Waals surface area contributed by atoms with Crippen LogP contribution >= 0.6 is 0 Å². The molecule has 0 aliphatic carbocycles. The summed E-state index contributed by atoms with van der Waals surface area (Å²) in [5.74, 6) is -1.36. The van der Waals surface area contributed by atoms with Crippen molar-refractivity contribution < 1.29 is 28.2 Å². The molecule has 1 atom stereocenters. The van der Waals surface area contributed by atoms with Crippen molar-refractivity contribution in [3.63, 3.8) is 0 Å². The Bertz CT molecular complexity index is 713. The number of carbonyl (C=O) groups excluding carboxylic acids is 1. The molecule has 0 saturated heterocycles. The summed E-state index contributed by atoms with van der Waals surface area (Å²) in [6.45, 7) is 1.19. The average molecular weight is 329 g/mol. The molecule has 0 aliphatic heterocycles. The number of nitrogens with one attached hydrogen (secondary N) is 1. The van der Waals surface area contributed by atoms with Gasteiger partial charge in [0.1, 0.15) is 0 Å². The van der Waals surface area contributed by atoms with Crippen LogP contribution < -0.4 is 5.32 Å². The number of halogens is 3. The molecule has 1 amide bonds. The number of alkyl halides is 3. The largest absolute Gasteiger partial charge is 0.504 e. The van der Waals surface area contributed by atoms with E-state index >= 15 is 0 Å². The van der Waals surface area contributed by atoms with E-state index < -0.39 is 35.1 Å². The Morgan fingerprint density at radius 2 is 2.04 bits per heavy atom. The highest BCUT2D eigenvalue weighted by atomic mass is 19.4. The van der Waals surface area contributed by atoms with Crippen LogP contribution in [-0.2, 0) is 6.18 Å². The van der Waals surface area contributed by atoms with Gasteiger partial charge in [-0.15, -0.1) is 0 Å². The standard InChI is InChI=1S/C14H14F3N3O3/c1-8(7-21)18-13(23)12-11(22)6-20(19-12)10-5-3-2-4-9(10)14(15,16)17/h2-6,8,21-22H,7H2,1H3,(H,18,23). The van der Waals surface area contributed by atoms with Gasteiger partial charge in [0, 0.05) is 6.04 Å². The topological polar surface area (TPSA) is 87.4 Å². The lowest BCUT2D eigenvalue weighted by Crippen LogP contribution is -2.35. The number of aromatic hydroxyl groups is 1. The minimum Gasteiger partial charge on any atom is -0.504 e. The van der Waals surface area contributed by atoms with E-state index in [-0.39, 0.29) is 12.3 Å². The minimum absolute atomic E-state index is 0.315. The maximum absolute atomic E-state index is 13.0. The van der Waals surface area contributed by atoms with Crippen LogP contribution in [0.25, 0.3) is 5.69 Å².